The number of methoxy groups -OCH3 is 1. The summed E-state index contributed by atoms with van der Waals surface area (Å²) in [6.07, 6.45) is 0. The zero-order chi connectivity index (χ0) is 15.4. The van der Waals surface area contributed by atoms with E-state index in [9.17, 15) is 9.90 Å². The number of phenols is 1. The van der Waals surface area contributed by atoms with Crippen LogP contribution >= 0.6 is 0 Å². The molecule has 0 aromatic heterocycles. The zero-order valence-electron chi connectivity index (χ0n) is 12.4. The summed E-state index contributed by atoms with van der Waals surface area (Å²) in [5.74, 6) is 0.00696. The topological polar surface area (TPSA) is 58.6 Å². The van der Waals surface area contributed by atoms with Gasteiger partial charge in [-0.1, -0.05) is 12.1 Å². The number of nitrogens with one attached hydrogen (secondary N) is 1. The van der Waals surface area contributed by atoms with E-state index in [0.29, 0.717) is 17.9 Å². The van der Waals surface area contributed by atoms with Crippen molar-refractivity contribution < 1.29 is 14.6 Å². The van der Waals surface area contributed by atoms with Crippen LogP contribution in [0.15, 0.2) is 36.4 Å². The van der Waals surface area contributed by atoms with Crippen molar-refractivity contribution in [3.63, 3.8) is 0 Å². The molecule has 0 radical (unpaired) electrons. The molecular weight excluding hydrogens is 266 g/mol. The lowest BCUT2D eigenvalue weighted by Gasteiger charge is -2.10. The number of rotatable bonds is 4. The maximum Gasteiger partial charge on any atom is 0.337 e. The first-order valence-electron chi connectivity index (χ1n) is 6.72. The quantitative estimate of drug-likeness (QED) is 0.845. The van der Waals surface area contributed by atoms with Gasteiger partial charge in [0.05, 0.1) is 12.7 Å². The van der Waals surface area contributed by atoms with E-state index in [1.807, 2.05) is 38.1 Å². The first kappa shape index (κ1) is 14.9. The maximum absolute atomic E-state index is 11.3. The number of carbonyl (C=O) groups excluding carboxylic acids is 1. The van der Waals surface area contributed by atoms with Crippen molar-refractivity contribution in [2.75, 3.05) is 12.4 Å². The van der Waals surface area contributed by atoms with E-state index in [2.05, 4.69) is 10.1 Å². The Hall–Kier alpha value is -2.49. The van der Waals surface area contributed by atoms with Gasteiger partial charge in [0.2, 0.25) is 0 Å². The van der Waals surface area contributed by atoms with Crippen LogP contribution in [0.1, 0.15) is 27.0 Å². The van der Waals surface area contributed by atoms with Gasteiger partial charge in [-0.2, -0.15) is 0 Å². The number of phenolic OH excluding ortho intramolecular Hbond substituents is 1. The van der Waals surface area contributed by atoms with Crippen molar-refractivity contribution in [3.05, 3.63) is 58.7 Å². The van der Waals surface area contributed by atoms with Crippen molar-refractivity contribution in [1.82, 2.24) is 0 Å². The fraction of sp³-hybridized carbons (Fsp3) is 0.235. The van der Waals surface area contributed by atoms with Gasteiger partial charge in [-0.05, 0) is 54.8 Å². The molecule has 0 saturated carbocycles. The van der Waals surface area contributed by atoms with E-state index in [-0.39, 0.29) is 5.97 Å². The largest absolute Gasteiger partial charge is 0.507 e. The van der Waals surface area contributed by atoms with Crippen molar-refractivity contribution in [2.45, 2.75) is 20.4 Å². The highest BCUT2D eigenvalue weighted by Crippen LogP contribution is 2.23. The lowest BCUT2D eigenvalue weighted by atomic mass is 10.1. The number of hydrogen-bond donors (Lipinski definition) is 2. The van der Waals surface area contributed by atoms with Crippen LogP contribution in [0.3, 0.4) is 0 Å². The molecule has 0 aliphatic heterocycles. The summed E-state index contributed by atoms with van der Waals surface area (Å²) >= 11 is 0. The molecule has 2 aromatic rings. The Morgan fingerprint density at radius 1 is 1.14 bits per heavy atom. The van der Waals surface area contributed by atoms with E-state index >= 15 is 0 Å². The minimum Gasteiger partial charge on any atom is -0.507 e. The summed E-state index contributed by atoms with van der Waals surface area (Å²) in [5.41, 5.74) is 4.28. The molecule has 2 aromatic carbocycles. The number of aryl methyl sites for hydroxylation is 2. The number of ether oxygens (including phenoxy) is 1. The van der Waals surface area contributed by atoms with Crippen LogP contribution in [0.5, 0.6) is 5.75 Å². The summed E-state index contributed by atoms with van der Waals surface area (Å²) in [6.45, 7) is 4.42. The molecule has 2 N–H and O–H groups in total. The third kappa shape index (κ3) is 3.54. The van der Waals surface area contributed by atoms with Gasteiger partial charge in [0.1, 0.15) is 5.75 Å². The molecule has 0 aliphatic carbocycles. The fourth-order valence-corrected chi connectivity index (χ4v) is 2.19. The molecule has 0 spiro atoms. The minimum atomic E-state index is -0.341. The zero-order valence-corrected chi connectivity index (χ0v) is 12.4. The van der Waals surface area contributed by atoms with Gasteiger partial charge < -0.3 is 15.2 Å². The van der Waals surface area contributed by atoms with Crippen LogP contribution in [0.25, 0.3) is 0 Å². The molecule has 21 heavy (non-hydrogen) atoms. The number of carbonyl (C=O) groups is 1. The standard InChI is InChI=1S/C17H19NO3/c1-11-8-13(9-12(2)16(11)19)10-18-15-6-4-14(5-7-15)17(20)21-3/h4-9,18-19H,10H2,1-3H3. The predicted octanol–water partition coefficient (Wildman–Crippen LogP) is 3.41. The number of esters is 1. The van der Waals surface area contributed by atoms with Gasteiger partial charge >= 0.3 is 5.97 Å². The highest BCUT2D eigenvalue weighted by molar-refractivity contribution is 5.89. The number of hydrogen-bond acceptors (Lipinski definition) is 4. The Balaban J connectivity index is 2.05. The van der Waals surface area contributed by atoms with E-state index in [1.165, 1.54) is 7.11 Å². The van der Waals surface area contributed by atoms with Crippen LogP contribution in [-0.2, 0) is 11.3 Å². The Labute approximate surface area is 124 Å². The Morgan fingerprint density at radius 3 is 2.24 bits per heavy atom. The van der Waals surface area contributed by atoms with E-state index in [4.69, 9.17) is 0 Å². The lowest BCUT2D eigenvalue weighted by Crippen LogP contribution is -2.03. The van der Waals surface area contributed by atoms with Gasteiger partial charge in [0, 0.05) is 12.2 Å². The van der Waals surface area contributed by atoms with Gasteiger partial charge in [-0.15, -0.1) is 0 Å². The summed E-state index contributed by atoms with van der Waals surface area (Å²) in [4.78, 5) is 11.3. The van der Waals surface area contributed by atoms with Gasteiger partial charge in [-0.25, -0.2) is 4.79 Å². The van der Waals surface area contributed by atoms with Crippen LogP contribution in [0.2, 0.25) is 0 Å². The molecule has 0 amide bonds. The minimum absolute atomic E-state index is 0.341. The monoisotopic (exact) mass is 285 g/mol. The summed E-state index contributed by atoms with van der Waals surface area (Å²) in [5, 5.41) is 13.0. The van der Waals surface area contributed by atoms with Crippen LogP contribution < -0.4 is 5.32 Å². The highest BCUT2D eigenvalue weighted by atomic mass is 16.5. The lowest BCUT2D eigenvalue weighted by molar-refractivity contribution is 0.0601. The Morgan fingerprint density at radius 2 is 1.71 bits per heavy atom. The van der Waals surface area contributed by atoms with E-state index in [0.717, 1.165) is 22.4 Å². The second-order valence-corrected chi connectivity index (χ2v) is 5.00. The average Bonchev–Trinajstić information content (AvgIpc) is 2.50. The summed E-state index contributed by atoms with van der Waals surface area (Å²) in [7, 11) is 1.37. The molecule has 4 nitrogen and oxygen atoms in total. The smallest absolute Gasteiger partial charge is 0.337 e. The van der Waals surface area contributed by atoms with Crippen molar-refractivity contribution in [1.29, 1.82) is 0 Å². The second-order valence-electron chi connectivity index (χ2n) is 5.00. The molecule has 0 bridgehead atoms. The summed E-state index contributed by atoms with van der Waals surface area (Å²) in [6, 6.07) is 11.0. The van der Waals surface area contributed by atoms with Gasteiger partial charge in [-0.3, -0.25) is 0 Å². The van der Waals surface area contributed by atoms with Crippen molar-refractivity contribution in [2.24, 2.45) is 0 Å². The molecule has 4 heteroatoms. The number of aromatic hydroxyl groups is 1. The Bertz CT molecular complexity index is 625. The molecule has 0 fully saturated rings. The number of anilines is 1. The first-order valence-corrected chi connectivity index (χ1v) is 6.72. The average molecular weight is 285 g/mol. The van der Waals surface area contributed by atoms with Gasteiger partial charge in [0.25, 0.3) is 0 Å². The number of benzene rings is 2. The second kappa shape index (κ2) is 6.31. The summed E-state index contributed by atoms with van der Waals surface area (Å²) < 4.78 is 4.66. The van der Waals surface area contributed by atoms with Crippen LogP contribution in [0, 0.1) is 13.8 Å². The normalized spacial score (nSPS) is 10.2. The molecule has 110 valence electrons. The molecular formula is C17H19NO3. The fourth-order valence-electron chi connectivity index (χ4n) is 2.19. The van der Waals surface area contributed by atoms with Gasteiger partial charge in [0.15, 0.2) is 0 Å². The first-order chi connectivity index (χ1) is 10.0. The molecule has 0 aliphatic rings. The SMILES string of the molecule is COC(=O)c1ccc(NCc2cc(C)c(O)c(C)c2)cc1. The van der Waals surface area contributed by atoms with Crippen LogP contribution in [-0.4, -0.2) is 18.2 Å². The molecule has 0 heterocycles. The van der Waals surface area contributed by atoms with E-state index in [1.54, 1.807) is 12.1 Å². The predicted molar refractivity (Wildman–Crippen MR) is 82.7 cm³/mol. The molecule has 0 unspecified atom stereocenters. The van der Waals surface area contributed by atoms with E-state index < -0.39 is 0 Å². The molecule has 0 atom stereocenters. The molecule has 2 rings (SSSR count). The maximum atomic E-state index is 11.3. The van der Waals surface area contributed by atoms with Crippen molar-refractivity contribution in [3.8, 4) is 5.75 Å². The highest BCUT2D eigenvalue weighted by Gasteiger charge is 2.05. The Kier molecular flexibility index (Phi) is 4.48. The third-order valence-corrected chi connectivity index (χ3v) is 3.35. The van der Waals surface area contributed by atoms with Crippen molar-refractivity contribution >= 4 is 11.7 Å². The van der Waals surface area contributed by atoms with Crippen LogP contribution in [0.4, 0.5) is 5.69 Å². The third-order valence-electron chi connectivity index (χ3n) is 3.35. The molecule has 0 saturated heterocycles.